The van der Waals surface area contributed by atoms with Crippen LogP contribution in [0.4, 0.5) is 0 Å². The first-order chi connectivity index (χ1) is 16.3. The van der Waals surface area contributed by atoms with Gasteiger partial charge in [-0.2, -0.15) is 0 Å². The van der Waals surface area contributed by atoms with Crippen molar-refractivity contribution in [3.63, 3.8) is 0 Å². The second kappa shape index (κ2) is 10.7. The molecule has 1 fully saturated rings. The molecule has 8 nitrogen and oxygen atoms in total. The predicted molar refractivity (Wildman–Crippen MR) is 132 cm³/mol. The number of hydrogen-bond donors (Lipinski definition) is 2. The summed E-state index contributed by atoms with van der Waals surface area (Å²) in [6, 6.07) is 15.9. The molecule has 10 heteroatoms. The zero-order valence-corrected chi connectivity index (χ0v) is 20.7. The minimum atomic E-state index is -3.74. The Balaban J connectivity index is 1.41. The average molecular weight is 500 g/mol. The van der Waals surface area contributed by atoms with E-state index in [4.69, 9.17) is 15.2 Å². The van der Waals surface area contributed by atoms with Crippen LogP contribution in [0.1, 0.15) is 62.4 Å². The molecular formula is C24H29N5O3S2. The molecule has 1 aromatic heterocycles. The highest BCUT2D eigenvalue weighted by Crippen LogP contribution is 2.33. The van der Waals surface area contributed by atoms with E-state index in [-0.39, 0.29) is 22.6 Å². The zero-order chi connectivity index (χ0) is 24.1. The molecule has 3 N–H and O–H groups in total. The van der Waals surface area contributed by atoms with E-state index >= 15 is 0 Å². The normalized spacial score (nSPS) is 15.7. The molecule has 34 heavy (non-hydrogen) atoms. The summed E-state index contributed by atoms with van der Waals surface area (Å²) in [4.78, 5) is 17.4. The first-order valence-electron chi connectivity index (χ1n) is 11.4. The maximum Gasteiger partial charge on any atom is 0.238 e. The summed E-state index contributed by atoms with van der Waals surface area (Å²) in [5.74, 6) is 1.38. The fraction of sp³-hybridized carbons (Fsp3) is 0.375. The lowest BCUT2D eigenvalue weighted by Gasteiger charge is -2.21. The Bertz CT molecular complexity index is 1220. The van der Waals surface area contributed by atoms with E-state index in [1.165, 1.54) is 43.2 Å². The van der Waals surface area contributed by atoms with E-state index in [0.29, 0.717) is 11.1 Å². The fourth-order valence-corrected chi connectivity index (χ4v) is 5.35. The number of primary sulfonamides is 1. The van der Waals surface area contributed by atoms with Gasteiger partial charge in [0.05, 0.1) is 22.4 Å². The number of para-hydroxylation sites is 1. The first-order valence-corrected chi connectivity index (χ1v) is 13.9. The maximum absolute atomic E-state index is 12.6. The molecule has 0 radical (unpaired) electrons. The van der Waals surface area contributed by atoms with Gasteiger partial charge in [-0.3, -0.25) is 4.79 Å². The minimum Gasteiger partial charge on any atom is -0.349 e. The number of benzene rings is 2. The summed E-state index contributed by atoms with van der Waals surface area (Å²) in [6.07, 6.45) is 5.89. The van der Waals surface area contributed by atoms with Crippen molar-refractivity contribution >= 4 is 27.7 Å². The number of nitrogens with zero attached hydrogens (tertiary/aromatic N) is 3. The van der Waals surface area contributed by atoms with E-state index in [2.05, 4.69) is 5.32 Å². The molecule has 1 amide bonds. The summed E-state index contributed by atoms with van der Waals surface area (Å²) < 4.78 is 24.8. The Labute approximate surface area is 204 Å². The van der Waals surface area contributed by atoms with Gasteiger partial charge in [0.25, 0.3) is 0 Å². The monoisotopic (exact) mass is 499 g/mol. The number of sulfonamides is 1. The van der Waals surface area contributed by atoms with Crippen LogP contribution in [0.25, 0.3) is 5.69 Å². The summed E-state index contributed by atoms with van der Waals surface area (Å²) in [5, 5.41) is 13.4. The highest BCUT2D eigenvalue weighted by Gasteiger charge is 2.24. The number of nitrogens with two attached hydrogens (primary N) is 1. The van der Waals surface area contributed by atoms with E-state index in [0.717, 1.165) is 29.9 Å². The van der Waals surface area contributed by atoms with Gasteiger partial charge in [-0.15, -0.1) is 5.10 Å². The number of nitrogens with one attached hydrogen (secondary N) is 1. The van der Waals surface area contributed by atoms with Crippen molar-refractivity contribution < 1.29 is 13.2 Å². The average Bonchev–Trinajstić information content (AvgIpc) is 3.28. The smallest absolute Gasteiger partial charge is 0.238 e. The summed E-state index contributed by atoms with van der Waals surface area (Å²) >= 11 is 1.31. The molecule has 1 atom stereocenters. The van der Waals surface area contributed by atoms with Gasteiger partial charge >= 0.3 is 0 Å². The van der Waals surface area contributed by atoms with Gasteiger partial charge in [-0.1, -0.05) is 61.4 Å². The molecule has 1 aliphatic rings. The molecule has 1 heterocycles. The molecule has 2 aromatic carbocycles. The van der Waals surface area contributed by atoms with Gasteiger partial charge in [-0.05, 0) is 49.6 Å². The predicted octanol–water partition coefficient (Wildman–Crippen LogP) is 3.93. The third-order valence-corrected chi connectivity index (χ3v) is 7.77. The zero-order valence-electron chi connectivity index (χ0n) is 19.1. The highest BCUT2D eigenvalue weighted by atomic mass is 32.2. The van der Waals surface area contributed by atoms with Crippen molar-refractivity contribution in [2.75, 3.05) is 5.75 Å². The third-order valence-electron chi connectivity index (χ3n) is 6.00. The van der Waals surface area contributed by atoms with Crippen molar-refractivity contribution in [2.45, 2.75) is 61.0 Å². The van der Waals surface area contributed by atoms with Crippen LogP contribution in [0.15, 0.2) is 64.6 Å². The van der Waals surface area contributed by atoms with Crippen LogP contribution < -0.4 is 10.5 Å². The first kappa shape index (κ1) is 24.4. The van der Waals surface area contributed by atoms with Crippen LogP contribution in [0.5, 0.6) is 0 Å². The van der Waals surface area contributed by atoms with Gasteiger partial charge in [-0.25, -0.2) is 23.2 Å². The summed E-state index contributed by atoms with van der Waals surface area (Å²) in [5.41, 5.74) is 1.76. The number of amides is 1. The van der Waals surface area contributed by atoms with Crippen LogP contribution in [-0.4, -0.2) is 34.8 Å². The standard InChI is InChI=1S/C24H29N5O3S2/c1-17(18-12-14-21(15-13-18)34(25,31)32)26-22(30)16-33-24-27-23(19-8-4-2-5-9-19)29(28-24)20-10-6-3-7-11-20/h3,6-7,10-15,17,19H,2,4-5,8-9,16H2,1H3,(H,26,30)(H2,25,31,32)/t17-/m0/s1. The van der Waals surface area contributed by atoms with E-state index in [9.17, 15) is 13.2 Å². The Morgan fingerprint density at radius 2 is 1.79 bits per heavy atom. The van der Waals surface area contributed by atoms with Crippen LogP contribution in [0, 0.1) is 0 Å². The van der Waals surface area contributed by atoms with E-state index in [1.54, 1.807) is 12.1 Å². The van der Waals surface area contributed by atoms with Crippen molar-refractivity contribution in [1.82, 2.24) is 20.1 Å². The molecule has 1 saturated carbocycles. The number of carbonyl (C=O) groups is 1. The van der Waals surface area contributed by atoms with Crippen molar-refractivity contribution in [3.05, 3.63) is 66.0 Å². The SMILES string of the molecule is C[C@H](NC(=O)CSc1nc(C2CCCCC2)n(-c2ccccc2)n1)c1ccc(S(N)(=O)=O)cc1. The second-order valence-corrected chi connectivity index (χ2v) is 11.0. The lowest BCUT2D eigenvalue weighted by molar-refractivity contribution is -0.119. The lowest BCUT2D eigenvalue weighted by Crippen LogP contribution is -2.28. The van der Waals surface area contributed by atoms with Gasteiger partial charge in [0.1, 0.15) is 5.82 Å². The fourth-order valence-electron chi connectivity index (χ4n) is 4.19. The van der Waals surface area contributed by atoms with Crippen LogP contribution in [-0.2, 0) is 14.8 Å². The second-order valence-electron chi connectivity index (χ2n) is 8.53. The van der Waals surface area contributed by atoms with Crippen molar-refractivity contribution in [1.29, 1.82) is 0 Å². The highest BCUT2D eigenvalue weighted by molar-refractivity contribution is 7.99. The summed E-state index contributed by atoms with van der Waals surface area (Å²) in [6.45, 7) is 1.85. The number of carbonyl (C=O) groups excluding carboxylic acids is 1. The molecule has 180 valence electrons. The van der Waals surface area contributed by atoms with Crippen LogP contribution >= 0.6 is 11.8 Å². The van der Waals surface area contributed by atoms with Gasteiger partial charge in [0, 0.05) is 5.92 Å². The molecule has 4 rings (SSSR count). The molecular weight excluding hydrogens is 470 g/mol. The van der Waals surface area contributed by atoms with Gasteiger partial charge in [0.2, 0.25) is 21.1 Å². The van der Waals surface area contributed by atoms with Crippen molar-refractivity contribution in [2.24, 2.45) is 5.14 Å². The van der Waals surface area contributed by atoms with E-state index in [1.807, 2.05) is 41.9 Å². The minimum absolute atomic E-state index is 0.0409. The molecule has 0 spiro atoms. The largest absolute Gasteiger partial charge is 0.349 e. The Morgan fingerprint density at radius 3 is 2.44 bits per heavy atom. The molecule has 0 unspecified atom stereocenters. The molecule has 0 saturated heterocycles. The maximum atomic E-state index is 12.6. The third kappa shape index (κ3) is 6.05. The van der Waals surface area contributed by atoms with Crippen LogP contribution in [0.3, 0.4) is 0 Å². The molecule has 0 aliphatic heterocycles. The lowest BCUT2D eigenvalue weighted by atomic mass is 9.88. The number of rotatable bonds is 8. The quantitative estimate of drug-likeness (QED) is 0.453. The van der Waals surface area contributed by atoms with Gasteiger partial charge in [0.15, 0.2) is 0 Å². The van der Waals surface area contributed by atoms with Crippen molar-refractivity contribution in [3.8, 4) is 5.69 Å². The Hall–Kier alpha value is -2.69. The number of aromatic nitrogens is 3. The van der Waals surface area contributed by atoms with E-state index < -0.39 is 10.0 Å². The topological polar surface area (TPSA) is 120 Å². The van der Waals surface area contributed by atoms with Gasteiger partial charge < -0.3 is 5.32 Å². The number of thioether (sulfide) groups is 1. The molecule has 0 bridgehead atoms. The Morgan fingerprint density at radius 1 is 1.12 bits per heavy atom. The molecule has 3 aromatic rings. The number of hydrogen-bond acceptors (Lipinski definition) is 6. The van der Waals surface area contributed by atoms with Crippen LogP contribution in [0.2, 0.25) is 0 Å². The summed E-state index contributed by atoms with van der Waals surface area (Å²) in [7, 11) is -3.74. The molecule has 1 aliphatic carbocycles. The Kier molecular flexibility index (Phi) is 7.70.